The number of hydrogen-bond donors (Lipinski definition) is 1. The highest BCUT2D eigenvalue weighted by Crippen LogP contribution is 2.44. The van der Waals surface area contributed by atoms with Crippen molar-refractivity contribution in [1.82, 2.24) is 35.3 Å². The number of aryl methyl sites for hydroxylation is 1. The van der Waals surface area contributed by atoms with Gasteiger partial charge in [0.05, 0.1) is 18.2 Å². The summed E-state index contributed by atoms with van der Waals surface area (Å²) in [4.78, 5) is 32.4. The lowest BCUT2D eigenvalue weighted by Gasteiger charge is -2.38. The van der Waals surface area contributed by atoms with Crippen LogP contribution in [-0.4, -0.2) is 84.9 Å². The Balaban J connectivity index is 1.13. The molecule has 34 heavy (non-hydrogen) atoms. The van der Waals surface area contributed by atoms with E-state index in [0.717, 1.165) is 44.2 Å². The van der Waals surface area contributed by atoms with E-state index in [-0.39, 0.29) is 41.9 Å². The van der Waals surface area contributed by atoms with Crippen LogP contribution in [0.15, 0.2) is 18.2 Å². The third kappa shape index (κ3) is 3.29. The maximum Gasteiger partial charge on any atom is 0.240 e. The molecule has 1 aromatic carbocycles. The van der Waals surface area contributed by atoms with Crippen LogP contribution in [0.4, 0.5) is 0 Å². The number of carbonyl (C=O) groups excluding carboxylic acids is 2. The standard InChI is InChI=1S/C24H28N8O2/c1-14(23(33)31-8-2-3-17(31)11-25)12-30-13-18-10-21(30)24(34)32(18)20-7-5-15-9-16(4-6-19(15)20)22-26-28-29-27-22/h4,6,9,14,17-18,20-21H,2-3,5,7-8,10,12-13H2,1H3,(H,26,27,28,29)/t14-,17-,18-,20+,21-/m0/s1. The van der Waals surface area contributed by atoms with Crippen molar-refractivity contribution in [1.29, 1.82) is 5.26 Å². The van der Waals surface area contributed by atoms with Gasteiger partial charge in [-0.15, -0.1) is 10.2 Å². The third-order valence-electron chi connectivity index (χ3n) is 8.06. The first-order valence-corrected chi connectivity index (χ1v) is 12.2. The minimum Gasteiger partial charge on any atom is -0.330 e. The summed E-state index contributed by atoms with van der Waals surface area (Å²) in [5, 5.41) is 23.6. The largest absolute Gasteiger partial charge is 0.330 e. The smallest absolute Gasteiger partial charge is 0.240 e. The van der Waals surface area contributed by atoms with Crippen LogP contribution in [-0.2, 0) is 16.0 Å². The van der Waals surface area contributed by atoms with Gasteiger partial charge in [-0.2, -0.15) is 10.5 Å². The van der Waals surface area contributed by atoms with Crippen LogP contribution in [0.25, 0.3) is 11.4 Å². The van der Waals surface area contributed by atoms with Crippen molar-refractivity contribution < 1.29 is 9.59 Å². The fraction of sp³-hybridized carbons (Fsp3) is 0.583. The van der Waals surface area contributed by atoms with Crippen molar-refractivity contribution in [2.45, 2.75) is 63.2 Å². The minimum absolute atomic E-state index is 0.0401. The Hall–Kier alpha value is -3.32. The monoisotopic (exact) mass is 460 g/mol. The van der Waals surface area contributed by atoms with E-state index in [4.69, 9.17) is 0 Å². The number of amides is 2. The topological polar surface area (TPSA) is 122 Å². The molecule has 6 rings (SSSR count). The number of aromatic nitrogens is 4. The summed E-state index contributed by atoms with van der Waals surface area (Å²) in [5.74, 6) is 0.590. The molecule has 176 valence electrons. The zero-order chi connectivity index (χ0) is 23.4. The number of fused-ring (bicyclic) bond motifs is 3. The molecule has 5 atom stereocenters. The first-order chi connectivity index (χ1) is 16.5. The Morgan fingerprint density at radius 1 is 1.32 bits per heavy atom. The predicted molar refractivity (Wildman–Crippen MR) is 121 cm³/mol. The van der Waals surface area contributed by atoms with E-state index >= 15 is 0 Å². The van der Waals surface area contributed by atoms with Crippen LogP contribution in [0, 0.1) is 17.2 Å². The van der Waals surface area contributed by atoms with E-state index in [1.807, 2.05) is 13.0 Å². The van der Waals surface area contributed by atoms with Gasteiger partial charge in [0.1, 0.15) is 6.04 Å². The maximum atomic E-state index is 13.4. The molecule has 2 amide bonds. The molecule has 2 bridgehead atoms. The number of aromatic amines is 1. The van der Waals surface area contributed by atoms with Crippen molar-refractivity contribution in [3.05, 3.63) is 29.3 Å². The Morgan fingerprint density at radius 2 is 2.21 bits per heavy atom. The van der Waals surface area contributed by atoms with Crippen LogP contribution in [0.2, 0.25) is 0 Å². The Kier molecular flexibility index (Phi) is 5.10. The third-order valence-corrected chi connectivity index (χ3v) is 8.06. The van der Waals surface area contributed by atoms with E-state index in [1.54, 1.807) is 4.90 Å². The van der Waals surface area contributed by atoms with Crippen molar-refractivity contribution in [3.63, 3.8) is 0 Å². The van der Waals surface area contributed by atoms with Crippen LogP contribution in [0.1, 0.15) is 49.8 Å². The molecule has 4 heterocycles. The van der Waals surface area contributed by atoms with Crippen LogP contribution >= 0.6 is 0 Å². The summed E-state index contributed by atoms with van der Waals surface area (Å²) in [6.45, 7) is 3.97. The van der Waals surface area contributed by atoms with Gasteiger partial charge in [-0.05, 0) is 54.5 Å². The lowest BCUT2D eigenvalue weighted by molar-refractivity contribution is -0.142. The van der Waals surface area contributed by atoms with E-state index in [0.29, 0.717) is 18.9 Å². The lowest BCUT2D eigenvalue weighted by Crippen LogP contribution is -2.53. The van der Waals surface area contributed by atoms with Crippen LogP contribution in [0.3, 0.4) is 0 Å². The second-order valence-electron chi connectivity index (χ2n) is 10.0. The number of rotatable bonds is 5. The summed E-state index contributed by atoms with van der Waals surface area (Å²) in [5.41, 5.74) is 3.40. The van der Waals surface area contributed by atoms with Crippen molar-refractivity contribution >= 4 is 11.8 Å². The summed E-state index contributed by atoms with van der Waals surface area (Å²) in [6, 6.07) is 8.34. The minimum atomic E-state index is -0.301. The molecule has 10 nitrogen and oxygen atoms in total. The van der Waals surface area contributed by atoms with E-state index in [9.17, 15) is 14.9 Å². The van der Waals surface area contributed by atoms with Crippen molar-refractivity contribution in [2.24, 2.45) is 5.92 Å². The van der Waals surface area contributed by atoms with Crippen LogP contribution < -0.4 is 0 Å². The van der Waals surface area contributed by atoms with E-state index in [1.165, 1.54) is 11.1 Å². The lowest BCUT2D eigenvalue weighted by atomic mass is 10.0. The Labute approximate surface area is 197 Å². The van der Waals surface area contributed by atoms with Crippen molar-refractivity contribution in [2.75, 3.05) is 19.6 Å². The zero-order valence-corrected chi connectivity index (χ0v) is 19.2. The number of carbonyl (C=O) groups is 2. The number of piperazine rings is 1. The fourth-order valence-corrected chi connectivity index (χ4v) is 6.48. The zero-order valence-electron chi connectivity index (χ0n) is 19.2. The highest BCUT2D eigenvalue weighted by molar-refractivity contribution is 5.87. The van der Waals surface area contributed by atoms with Crippen LogP contribution in [0.5, 0.6) is 0 Å². The van der Waals surface area contributed by atoms with E-state index < -0.39 is 0 Å². The average Bonchev–Trinajstić information content (AvgIpc) is 3.66. The molecule has 4 aliphatic rings. The van der Waals surface area contributed by atoms with Crippen molar-refractivity contribution in [3.8, 4) is 17.5 Å². The molecule has 3 fully saturated rings. The summed E-state index contributed by atoms with van der Waals surface area (Å²) < 4.78 is 0. The second-order valence-corrected chi connectivity index (χ2v) is 10.0. The molecule has 10 heteroatoms. The Bertz CT molecular complexity index is 1160. The number of likely N-dealkylation sites (tertiary alicyclic amines) is 3. The highest BCUT2D eigenvalue weighted by atomic mass is 16.2. The van der Waals surface area contributed by atoms with Gasteiger partial charge in [-0.1, -0.05) is 19.1 Å². The molecular weight excluding hydrogens is 432 g/mol. The second kappa shape index (κ2) is 8.17. The molecule has 2 aromatic rings. The molecule has 0 spiro atoms. The predicted octanol–water partition coefficient (Wildman–Crippen LogP) is 1.29. The van der Waals surface area contributed by atoms with Gasteiger partial charge in [-0.3, -0.25) is 14.5 Å². The average molecular weight is 461 g/mol. The van der Waals surface area contributed by atoms with Gasteiger partial charge in [0.2, 0.25) is 17.6 Å². The molecule has 0 saturated carbocycles. The first-order valence-electron chi connectivity index (χ1n) is 12.2. The molecular formula is C24H28N8O2. The number of H-pyrrole nitrogens is 1. The first kappa shape index (κ1) is 21.2. The number of benzene rings is 1. The molecule has 3 aliphatic heterocycles. The molecule has 1 aromatic heterocycles. The maximum absolute atomic E-state index is 13.4. The van der Waals surface area contributed by atoms with E-state index in [2.05, 4.69) is 48.6 Å². The highest BCUT2D eigenvalue weighted by Gasteiger charge is 2.53. The summed E-state index contributed by atoms with van der Waals surface area (Å²) in [6.07, 6.45) is 4.34. The number of nitriles is 1. The van der Waals surface area contributed by atoms with Gasteiger partial charge >= 0.3 is 0 Å². The van der Waals surface area contributed by atoms with Gasteiger partial charge in [-0.25, -0.2) is 0 Å². The van der Waals surface area contributed by atoms with Gasteiger partial charge in [0.25, 0.3) is 0 Å². The molecule has 0 radical (unpaired) electrons. The van der Waals surface area contributed by atoms with Gasteiger partial charge in [0.15, 0.2) is 0 Å². The van der Waals surface area contributed by atoms with Gasteiger partial charge in [0, 0.05) is 37.2 Å². The molecule has 1 aliphatic carbocycles. The number of tetrazole rings is 1. The SMILES string of the molecule is C[C@@H](CN1C[C@@H]2C[C@H]1C(=O)N2[C@@H]1CCc2cc(-c3nn[nH]n3)ccc21)C(=O)N1CCC[C@H]1C#N. The summed E-state index contributed by atoms with van der Waals surface area (Å²) in [7, 11) is 0. The molecule has 1 N–H and O–H groups in total. The molecule has 0 unspecified atom stereocenters. The Morgan fingerprint density at radius 3 is 2.97 bits per heavy atom. The number of hydrogen-bond acceptors (Lipinski definition) is 7. The number of nitrogens with zero attached hydrogens (tertiary/aromatic N) is 7. The molecule has 3 saturated heterocycles. The van der Waals surface area contributed by atoms with Gasteiger partial charge < -0.3 is 9.80 Å². The normalized spacial score (nSPS) is 29.0. The quantitative estimate of drug-likeness (QED) is 0.713. The fourth-order valence-electron chi connectivity index (χ4n) is 6.48. The number of nitrogens with one attached hydrogen (secondary N) is 1. The summed E-state index contributed by atoms with van der Waals surface area (Å²) >= 11 is 0.